The third-order valence-electron chi connectivity index (χ3n) is 2.16. The second-order valence-electron chi connectivity index (χ2n) is 4.06. The van der Waals surface area contributed by atoms with Crippen molar-refractivity contribution in [2.24, 2.45) is 0 Å². The van der Waals surface area contributed by atoms with Gasteiger partial charge in [-0.25, -0.2) is 9.37 Å². The quantitative estimate of drug-likeness (QED) is 0.765. The molecule has 0 aliphatic heterocycles. The minimum atomic E-state index is -0.341. The van der Waals surface area contributed by atoms with E-state index in [1.165, 1.54) is 12.3 Å². The molecule has 0 aliphatic rings. The van der Waals surface area contributed by atoms with Crippen molar-refractivity contribution in [2.45, 2.75) is 26.4 Å². The van der Waals surface area contributed by atoms with Crippen molar-refractivity contribution in [3.63, 3.8) is 0 Å². The molecule has 17 heavy (non-hydrogen) atoms. The molecule has 0 fully saturated rings. The van der Waals surface area contributed by atoms with Gasteiger partial charge in [0.05, 0.1) is 18.2 Å². The summed E-state index contributed by atoms with van der Waals surface area (Å²) in [6.07, 6.45) is 2.90. The van der Waals surface area contributed by atoms with Crippen molar-refractivity contribution < 1.29 is 13.9 Å². The van der Waals surface area contributed by atoms with Gasteiger partial charge in [0.25, 0.3) is 0 Å². The normalized spacial score (nSPS) is 11.1. The minimum absolute atomic E-state index is 0.0987. The Hall–Kier alpha value is -1.91. The van der Waals surface area contributed by atoms with Crippen molar-refractivity contribution in [3.8, 4) is 0 Å². The number of aromatic nitrogens is 2. The Balaban J connectivity index is 2.17. The Morgan fingerprint density at radius 3 is 2.94 bits per heavy atom. The smallest absolute Gasteiger partial charge is 0.312 e. The van der Waals surface area contributed by atoms with E-state index in [0.29, 0.717) is 11.3 Å². The Morgan fingerprint density at radius 1 is 1.47 bits per heavy atom. The molecule has 2 rings (SSSR count). The summed E-state index contributed by atoms with van der Waals surface area (Å²) in [5, 5.41) is 0. The molecule has 90 valence electrons. The van der Waals surface area contributed by atoms with Crippen molar-refractivity contribution in [3.05, 3.63) is 36.0 Å². The predicted octanol–water partition coefficient (Wildman–Crippen LogP) is 1.97. The third kappa shape index (κ3) is 2.81. The number of hydrogen-bond acceptors (Lipinski definition) is 3. The second-order valence-corrected chi connectivity index (χ2v) is 4.06. The fourth-order valence-electron chi connectivity index (χ4n) is 1.55. The van der Waals surface area contributed by atoms with E-state index in [1.807, 2.05) is 0 Å². The maximum absolute atomic E-state index is 12.9. The summed E-state index contributed by atoms with van der Waals surface area (Å²) in [6.45, 7) is 3.58. The Morgan fingerprint density at radius 2 is 2.24 bits per heavy atom. The summed E-state index contributed by atoms with van der Waals surface area (Å²) < 4.78 is 19.5. The topological polar surface area (TPSA) is 43.6 Å². The van der Waals surface area contributed by atoms with Crippen LogP contribution < -0.4 is 0 Å². The number of halogens is 1. The van der Waals surface area contributed by atoms with E-state index in [1.54, 1.807) is 30.5 Å². The number of nitrogens with zero attached hydrogens (tertiary/aromatic N) is 2. The fourth-order valence-corrected chi connectivity index (χ4v) is 1.55. The Labute approximate surface area is 98.0 Å². The fraction of sp³-hybridized carbons (Fsp3) is 0.333. The minimum Gasteiger partial charge on any atom is -0.463 e. The predicted molar refractivity (Wildman–Crippen MR) is 60.1 cm³/mol. The molecule has 0 N–H and O–H groups in total. The maximum Gasteiger partial charge on any atom is 0.312 e. The molecule has 0 unspecified atom stereocenters. The molecule has 5 heteroatoms. The van der Waals surface area contributed by atoms with E-state index >= 15 is 0 Å². The lowest BCUT2D eigenvalue weighted by Crippen LogP contribution is -2.13. The first kappa shape index (κ1) is 11.6. The van der Waals surface area contributed by atoms with Crippen LogP contribution in [0, 0.1) is 5.82 Å². The van der Waals surface area contributed by atoms with Crippen molar-refractivity contribution in [1.29, 1.82) is 0 Å². The number of rotatable bonds is 3. The number of carbonyl (C=O) groups is 1. The van der Waals surface area contributed by atoms with Crippen LogP contribution in [0.4, 0.5) is 4.39 Å². The first-order valence-electron chi connectivity index (χ1n) is 5.37. The van der Waals surface area contributed by atoms with Gasteiger partial charge >= 0.3 is 5.97 Å². The van der Waals surface area contributed by atoms with Crippen LogP contribution >= 0.6 is 0 Å². The molecule has 2 heterocycles. The first-order chi connectivity index (χ1) is 8.04. The molecule has 2 aromatic rings. The van der Waals surface area contributed by atoms with Crippen LogP contribution in [0.1, 0.15) is 19.5 Å². The zero-order valence-electron chi connectivity index (χ0n) is 9.68. The van der Waals surface area contributed by atoms with Gasteiger partial charge in [-0.05, 0) is 26.0 Å². The van der Waals surface area contributed by atoms with Gasteiger partial charge in [0, 0.05) is 12.4 Å². The molecule has 2 aromatic heterocycles. The molecule has 0 radical (unpaired) electrons. The summed E-state index contributed by atoms with van der Waals surface area (Å²) in [5.41, 5.74) is 1.18. The molecule has 0 bridgehead atoms. The van der Waals surface area contributed by atoms with Gasteiger partial charge < -0.3 is 9.14 Å². The van der Waals surface area contributed by atoms with Gasteiger partial charge in [0.2, 0.25) is 0 Å². The summed E-state index contributed by atoms with van der Waals surface area (Å²) in [5.74, 6) is -0.671. The lowest BCUT2D eigenvalue weighted by molar-refractivity contribution is -0.146. The molecular formula is C12H13FN2O2. The standard InChI is InChI=1S/C12H13FN2O2/c1-8(2)17-12(16)5-10-7-15-6-9(13)3-4-11(15)14-10/h3-4,6-8H,5H2,1-2H3. The van der Waals surface area contributed by atoms with Crippen LogP contribution in [0.15, 0.2) is 24.5 Å². The van der Waals surface area contributed by atoms with Crippen LogP contribution in [0.3, 0.4) is 0 Å². The van der Waals surface area contributed by atoms with Gasteiger partial charge in [0.1, 0.15) is 11.5 Å². The van der Waals surface area contributed by atoms with Crippen LogP contribution in [0.25, 0.3) is 5.65 Å². The van der Waals surface area contributed by atoms with Crippen molar-refractivity contribution in [2.75, 3.05) is 0 Å². The molecule has 0 aromatic carbocycles. The molecule has 0 spiro atoms. The van der Waals surface area contributed by atoms with Crippen molar-refractivity contribution in [1.82, 2.24) is 9.38 Å². The average Bonchev–Trinajstić information content (AvgIpc) is 2.57. The van der Waals surface area contributed by atoms with E-state index in [-0.39, 0.29) is 24.3 Å². The number of hydrogen-bond donors (Lipinski definition) is 0. The van der Waals surface area contributed by atoms with Crippen LogP contribution in [0.2, 0.25) is 0 Å². The summed E-state index contributed by atoms with van der Waals surface area (Å²) in [4.78, 5) is 15.6. The number of fused-ring (bicyclic) bond motifs is 1. The van der Waals surface area contributed by atoms with E-state index in [0.717, 1.165) is 0 Å². The van der Waals surface area contributed by atoms with E-state index in [9.17, 15) is 9.18 Å². The molecule has 0 aliphatic carbocycles. The zero-order chi connectivity index (χ0) is 12.4. The molecule has 0 atom stereocenters. The van der Waals surface area contributed by atoms with E-state index in [2.05, 4.69) is 4.98 Å². The lowest BCUT2D eigenvalue weighted by atomic mass is 10.3. The maximum atomic E-state index is 12.9. The second kappa shape index (κ2) is 4.53. The lowest BCUT2D eigenvalue weighted by Gasteiger charge is -2.05. The van der Waals surface area contributed by atoms with Crippen LogP contribution in [-0.4, -0.2) is 21.5 Å². The highest BCUT2D eigenvalue weighted by molar-refractivity contribution is 5.72. The van der Waals surface area contributed by atoms with Gasteiger partial charge in [-0.1, -0.05) is 0 Å². The SMILES string of the molecule is CC(C)OC(=O)Cc1cn2cc(F)ccc2n1. The number of imidazole rings is 1. The number of pyridine rings is 1. The summed E-state index contributed by atoms with van der Waals surface area (Å²) in [6, 6.07) is 2.89. The van der Waals surface area contributed by atoms with Crippen LogP contribution in [-0.2, 0) is 16.0 Å². The Bertz CT molecular complexity index is 548. The number of carbonyl (C=O) groups excluding carboxylic acids is 1. The summed E-state index contributed by atoms with van der Waals surface area (Å²) in [7, 11) is 0. The van der Waals surface area contributed by atoms with E-state index in [4.69, 9.17) is 4.74 Å². The number of ether oxygens (including phenoxy) is 1. The average molecular weight is 236 g/mol. The van der Waals surface area contributed by atoms with Gasteiger partial charge in [-0.15, -0.1) is 0 Å². The molecule has 4 nitrogen and oxygen atoms in total. The molecule has 0 saturated carbocycles. The largest absolute Gasteiger partial charge is 0.463 e. The highest BCUT2D eigenvalue weighted by atomic mass is 19.1. The van der Waals surface area contributed by atoms with Crippen LogP contribution in [0.5, 0.6) is 0 Å². The molecule has 0 amide bonds. The highest BCUT2D eigenvalue weighted by Crippen LogP contribution is 2.08. The summed E-state index contributed by atoms with van der Waals surface area (Å²) >= 11 is 0. The van der Waals surface area contributed by atoms with Crippen molar-refractivity contribution >= 4 is 11.6 Å². The monoisotopic (exact) mass is 236 g/mol. The third-order valence-corrected chi connectivity index (χ3v) is 2.16. The molecular weight excluding hydrogens is 223 g/mol. The van der Waals surface area contributed by atoms with Gasteiger partial charge in [0.15, 0.2) is 0 Å². The van der Waals surface area contributed by atoms with Gasteiger partial charge in [-0.3, -0.25) is 4.79 Å². The van der Waals surface area contributed by atoms with E-state index < -0.39 is 0 Å². The molecule has 0 saturated heterocycles. The Kier molecular flexibility index (Phi) is 3.08. The van der Waals surface area contributed by atoms with Gasteiger partial charge in [-0.2, -0.15) is 0 Å². The highest BCUT2D eigenvalue weighted by Gasteiger charge is 2.10. The zero-order valence-corrected chi connectivity index (χ0v) is 9.68. The first-order valence-corrected chi connectivity index (χ1v) is 5.37. The number of esters is 1.